The minimum atomic E-state index is -0.609. The van der Waals surface area contributed by atoms with Crippen molar-refractivity contribution in [2.75, 3.05) is 19.5 Å². The Bertz CT molecular complexity index is 656. The van der Waals surface area contributed by atoms with Crippen molar-refractivity contribution in [3.63, 3.8) is 0 Å². The second-order valence-corrected chi connectivity index (χ2v) is 6.58. The molecule has 0 aliphatic heterocycles. The lowest BCUT2D eigenvalue weighted by molar-refractivity contribution is -0.122. The molecule has 144 valence electrons. The topological polar surface area (TPSA) is 108 Å². The van der Waals surface area contributed by atoms with Gasteiger partial charge in [0.2, 0.25) is 5.91 Å². The van der Waals surface area contributed by atoms with Crippen molar-refractivity contribution in [2.45, 2.75) is 38.1 Å². The number of rotatable bonds is 4. The number of amides is 1. The molecular formula is C18H25ClN2O5. The SMILES string of the molecule is COC(=O)c1cc(NC(=O)C2CCCCC2(C)N)cc(C(=O)OC)c1.Cl. The summed E-state index contributed by atoms with van der Waals surface area (Å²) < 4.78 is 9.38. The third-order valence-corrected chi connectivity index (χ3v) is 4.61. The first-order chi connectivity index (χ1) is 11.8. The summed E-state index contributed by atoms with van der Waals surface area (Å²) in [6, 6.07) is 4.29. The van der Waals surface area contributed by atoms with Crippen LogP contribution in [0.15, 0.2) is 18.2 Å². The van der Waals surface area contributed by atoms with Crippen LogP contribution in [-0.4, -0.2) is 37.6 Å². The molecule has 0 heterocycles. The summed E-state index contributed by atoms with van der Waals surface area (Å²) >= 11 is 0. The van der Waals surface area contributed by atoms with Gasteiger partial charge in [0.25, 0.3) is 0 Å². The maximum atomic E-state index is 12.7. The average molecular weight is 385 g/mol. The van der Waals surface area contributed by atoms with Gasteiger partial charge in [-0.25, -0.2) is 9.59 Å². The Hall–Kier alpha value is -2.12. The third kappa shape index (κ3) is 4.95. The zero-order chi connectivity index (χ0) is 18.6. The Kier molecular flexibility index (Phi) is 7.59. The second kappa shape index (κ2) is 9.00. The fraction of sp³-hybridized carbons (Fsp3) is 0.500. The fourth-order valence-electron chi connectivity index (χ4n) is 3.19. The molecule has 1 amide bonds. The van der Waals surface area contributed by atoms with Gasteiger partial charge >= 0.3 is 11.9 Å². The first kappa shape index (κ1) is 21.9. The number of methoxy groups -OCH3 is 2. The summed E-state index contributed by atoms with van der Waals surface area (Å²) in [6.45, 7) is 1.88. The van der Waals surface area contributed by atoms with Gasteiger partial charge in [-0.15, -0.1) is 12.4 Å². The van der Waals surface area contributed by atoms with Gasteiger partial charge in [0.05, 0.1) is 31.3 Å². The Morgan fingerprint density at radius 3 is 2.08 bits per heavy atom. The minimum Gasteiger partial charge on any atom is -0.465 e. The normalized spacial score (nSPS) is 21.9. The van der Waals surface area contributed by atoms with Gasteiger partial charge in [-0.2, -0.15) is 0 Å². The number of benzene rings is 1. The zero-order valence-corrected chi connectivity index (χ0v) is 16.0. The Balaban J connectivity index is 0.00000338. The van der Waals surface area contributed by atoms with Crippen molar-refractivity contribution >= 4 is 35.9 Å². The van der Waals surface area contributed by atoms with Crippen LogP contribution in [0.1, 0.15) is 53.3 Å². The Morgan fingerprint density at radius 2 is 1.62 bits per heavy atom. The average Bonchev–Trinajstić information content (AvgIpc) is 2.59. The van der Waals surface area contributed by atoms with Gasteiger partial charge in [-0.3, -0.25) is 4.79 Å². The molecule has 1 fully saturated rings. The summed E-state index contributed by atoms with van der Waals surface area (Å²) in [5.74, 6) is -1.77. The molecule has 1 aromatic carbocycles. The van der Waals surface area contributed by atoms with Crippen LogP contribution in [0.3, 0.4) is 0 Å². The van der Waals surface area contributed by atoms with E-state index in [0.29, 0.717) is 12.1 Å². The number of hydrogen-bond donors (Lipinski definition) is 2. The maximum absolute atomic E-state index is 12.7. The summed E-state index contributed by atoms with van der Waals surface area (Å²) in [4.78, 5) is 36.3. The van der Waals surface area contributed by atoms with E-state index in [1.165, 1.54) is 32.4 Å². The van der Waals surface area contributed by atoms with E-state index in [0.717, 1.165) is 19.3 Å². The van der Waals surface area contributed by atoms with E-state index in [1.807, 2.05) is 6.92 Å². The molecule has 1 aliphatic carbocycles. The van der Waals surface area contributed by atoms with Crippen molar-refractivity contribution in [2.24, 2.45) is 11.7 Å². The first-order valence-electron chi connectivity index (χ1n) is 8.20. The second-order valence-electron chi connectivity index (χ2n) is 6.58. The molecule has 0 bridgehead atoms. The van der Waals surface area contributed by atoms with Crippen molar-refractivity contribution in [1.29, 1.82) is 0 Å². The number of ether oxygens (including phenoxy) is 2. The van der Waals surface area contributed by atoms with Gasteiger partial charge in [0.15, 0.2) is 0 Å². The standard InChI is InChI=1S/C18H24N2O5.ClH/c1-18(19)7-5-4-6-14(18)15(21)20-13-9-11(16(22)24-2)8-12(10-13)17(23)25-3;/h8-10,14H,4-7,19H2,1-3H3,(H,20,21);1H. The predicted molar refractivity (Wildman–Crippen MR) is 99.5 cm³/mol. The lowest BCUT2D eigenvalue weighted by Gasteiger charge is -2.37. The highest BCUT2D eigenvalue weighted by molar-refractivity contribution is 6.00. The highest BCUT2D eigenvalue weighted by Gasteiger charge is 2.37. The van der Waals surface area contributed by atoms with Crippen molar-refractivity contribution in [1.82, 2.24) is 0 Å². The summed E-state index contributed by atoms with van der Waals surface area (Å²) in [5.41, 5.74) is 6.32. The van der Waals surface area contributed by atoms with Crippen LogP contribution in [0.25, 0.3) is 0 Å². The van der Waals surface area contributed by atoms with Crippen LogP contribution in [0.2, 0.25) is 0 Å². The largest absolute Gasteiger partial charge is 0.465 e. The molecule has 0 radical (unpaired) electrons. The van der Waals surface area contributed by atoms with Crippen LogP contribution in [0.4, 0.5) is 5.69 Å². The van der Waals surface area contributed by atoms with E-state index in [4.69, 9.17) is 15.2 Å². The number of nitrogens with two attached hydrogens (primary N) is 1. The van der Waals surface area contributed by atoms with E-state index in [2.05, 4.69) is 5.32 Å². The van der Waals surface area contributed by atoms with Gasteiger partial charge in [0.1, 0.15) is 0 Å². The number of carbonyl (C=O) groups is 3. The number of halogens is 1. The highest BCUT2D eigenvalue weighted by Crippen LogP contribution is 2.32. The minimum absolute atomic E-state index is 0. The molecule has 7 nitrogen and oxygen atoms in total. The molecule has 3 N–H and O–H groups in total. The fourth-order valence-corrected chi connectivity index (χ4v) is 3.19. The Morgan fingerprint density at radius 1 is 1.08 bits per heavy atom. The summed E-state index contributed by atoms with van der Waals surface area (Å²) in [6.07, 6.45) is 3.43. The highest BCUT2D eigenvalue weighted by atomic mass is 35.5. The van der Waals surface area contributed by atoms with Crippen LogP contribution < -0.4 is 11.1 Å². The van der Waals surface area contributed by atoms with Crippen molar-refractivity contribution in [3.05, 3.63) is 29.3 Å². The van der Waals surface area contributed by atoms with Crippen LogP contribution >= 0.6 is 12.4 Å². The molecule has 26 heavy (non-hydrogen) atoms. The molecule has 2 atom stereocenters. The number of hydrogen-bond acceptors (Lipinski definition) is 6. The maximum Gasteiger partial charge on any atom is 0.337 e. The zero-order valence-electron chi connectivity index (χ0n) is 15.2. The number of carbonyl (C=O) groups excluding carboxylic acids is 3. The van der Waals surface area contributed by atoms with Gasteiger partial charge in [-0.1, -0.05) is 12.8 Å². The van der Waals surface area contributed by atoms with Crippen LogP contribution in [-0.2, 0) is 14.3 Å². The number of nitrogens with one attached hydrogen (secondary N) is 1. The third-order valence-electron chi connectivity index (χ3n) is 4.61. The lowest BCUT2D eigenvalue weighted by Crippen LogP contribution is -2.51. The van der Waals surface area contributed by atoms with E-state index in [-0.39, 0.29) is 35.4 Å². The first-order valence-corrected chi connectivity index (χ1v) is 8.20. The van der Waals surface area contributed by atoms with Crippen LogP contribution in [0.5, 0.6) is 0 Å². The van der Waals surface area contributed by atoms with E-state index in [1.54, 1.807) is 0 Å². The van der Waals surface area contributed by atoms with E-state index < -0.39 is 17.5 Å². The summed E-state index contributed by atoms with van der Waals surface area (Å²) in [7, 11) is 2.49. The number of anilines is 1. The molecular weight excluding hydrogens is 360 g/mol. The monoisotopic (exact) mass is 384 g/mol. The molecule has 0 spiro atoms. The van der Waals surface area contributed by atoms with Crippen LogP contribution in [0, 0.1) is 5.92 Å². The Labute approximate surface area is 159 Å². The van der Waals surface area contributed by atoms with Crippen molar-refractivity contribution < 1.29 is 23.9 Å². The molecule has 0 saturated heterocycles. The number of esters is 2. The molecule has 2 unspecified atom stereocenters. The van der Waals surface area contributed by atoms with Gasteiger partial charge in [-0.05, 0) is 38.0 Å². The summed E-state index contributed by atoms with van der Waals surface area (Å²) in [5, 5.41) is 2.77. The smallest absolute Gasteiger partial charge is 0.337 e. The van der Waals surface area contributed by atoms with E-state index in [9.17, 15) is 14.4 Å². The van der Waals surface area contributed by atoms with E-state index >= 15 is 0 Å². The molecule has 8 heteroatoms. The molecule has 1 aliphatic rings. The van der Waals surface area contributed by atoms with Gasteiger partial charge in [0, 0.05) is 11.2 Å². The van der Waals surface area contributed by atoms with Gasteiger partial charge < -0.3 is 20.5 Å². The van der Waals surface area contributed by atoms with Crippen molar-refractivity contribution in [3.8, 4) is 0 Å². The lowest BCUT2D eigenvalue weighted by atomic mass is 9.74. The molecule has 1 saturated carbocycles. The molecule has 0 aromatic heterocycles. The quantitative estimate of drug-likeness (QED) is 0.772. The molecule has 1 aromatic rings. The predicted octanol–water partition coefficient (Wildman–Crippen LogP) is 2.53. The molecule has 2 rings (SSSR count).